The molecule has 0 heterocycles. The zero-order chi connectivity index (χ0) is 14.3. The Balaban J connectivity index is 2.13. The summed E-state index contributed by atoms with van der Waals surface area (Å²) in [6.07, 6.45) is 2.92. The number of hydrogen-bond donors (Lipinski definition) is 2. The van der Waals surface area contributed by atoms with Gasteiger partial charge in [0.25, 0.3) is 0 Å². The molecule has 3 atom stereocenters. The van der Waals surface area contributed by atoms with Crippen molar-refractivity contribution in [1.82, 2.24) is 4.72 Å². The average molecular weight is 354 g/mol. The van der Waals surface area contributed by atoms with Crippen LogP contribution in [0, 0.1) is 16.7 Å². The molecular formula is C13H24BrNO3S. The molecule has 0 amide bonds. The van der Waals surface area contributed by atoms with Gasteiger partial charge >= 0.3 is 0 Å². The molecule has 0 spiro atoms. The van der Waals surface area contributed by atoms with Gasteiger partial charge in [-0.05, 0) is 37.0 Å². The normalized spacial score (nSPS) is 36.8. The Morgan fingerprint density at radius 2 is 2.11 bits per heavy atom. The zero-order valence-corrected chi connectivity index (χ0v) is 14.1. The van der Waals surface area contributed by atoms with E-state index in [-0.39, 0.29) is 11.2 Å². The topological polar surface area (TPSA) is 66.4 Å². The smallest absolute Gasteiger partial charge is 0.212 e. The lowest BCUT2D eigenvalue weighted by atomic mass is 9.70. The van der Waals surface area contributed by atoms with Crippen LogP contribution in [0.2, 0.25) is 0 Å². The van der Waals surface area contributed by atoms with Crippen LogP contribution in [0.15, 0.2) is 0 Å². The summed E-state index contributed by atoms with van der Waals surface area (Å²) in [5.41, 5.74) is -0.547. The van der Waals surface area contributed by atoms with Crippen LogP contribution in [0.3, 0.4) is 0 Å². The number of aliphatic hydroxyl groups is 1. The fraction of sp³-hybridized carbons (Fsp3) is 1.00. The average Bonchev–Trinajstić information content (AvgIpc) is 2.62. The third-order valence-electron chi connectivity index (χ3n) is 5.47. The molecule has 4 nitrogen and oxygen atoms in total. The quantitative estimate of drug-likeness (QED) is 0.565. The minimum atomic E-state index is -3.32. The monoisotopic (exact) mass is 353 g/mol. The minimum absolute atomic E-state index is 0.0625. The van der Waals surface area contributed by atoms with Gasteiger partial charge in [0.2, 0.25) is 10.0 Å². The van der Waals surface area contributed by atoms with Crippen LogP contribution in [0.4, 0.5) is 0 Å². The fourth-order valence-corrected chi connectivity index (χ4v) is 6.29. The fourth-order valence-electron chi connectivity index (χ4n) is 4.06. The SMILES string of the molecule is CC1(C)[C@@H]2CC[C@@]1(CS(=O)(=O)NCCCBr)C(O)C2. The highest BCUT2D eigenvalue weighted by Gasteiger charge is 2.64. The van der Waals surface area contributed by atoms with Crippen LogP contribution in [-0.4, -0.2) is 37.3 Å². The number of hydrogen-bond acceptors (Lipinski definition) is 3. The summed E-state index contributed by atoms with van der Waals surface area (Å²) in [6.45, 7) is 4.70. The van der Waals surface area contributed by atoms with Crippen molar-refractivity contribution in [3.05, 3.63) is 0 Å². The molecule has 1 unspecified atom stereocenters. The highest BCUT2D eigenvalue weighted by molar-refractivity contribution is 9.09. The summed E-state index contributed by atoms with van der Waals surface area (Å²) >= 11 is 3.29. The number of halogens is 1. The predicted molar refractivity (Wildman–Crippen MR) is 79.8 cm³/mol. The van der Waals surface area contributed by atoms with Gasteiger partial charge < -0.3 is 5.11 Å². The third kappa shape index (κ3) is 2.61. The van der Waals surface area contributed by atoms with E-state index in [1.807, 2.05) is 0 Å². The summed E-state index contributed by atoms with van der Waals surface area (Å²) in [6, 6.07) is 0. The first-order valence-corrected chi connectivity index (χ1v) is 9.74. The molecule has 0 aromatic heterocycles. The summed E-state index contributed by atoms with van der Waals surface area (Å²) < 4.78 is 27.1. The van der Waals surface area contributed by atoms with Gasteiger partial charge in [0.05, 0.1) is 11.9 Å². The number of nitrogens with one attached hydrogen (secondary N) is 1. The maximum Gasteiger partial charge on any atom is 0.212 e. The molecule has 2 saturated carbocycles. The van der Waals surface area contributed by atoms with E-state index in [0.29, 0.717) is 12.5 Å². The van der Waals surface area contributed by atoms with Crippen molar-refractivity contribution < 1.29 is 13.5 Å². The first-order chi connectivity index (χ1) is 8.75. The van der Waals surface area contributed by atoms with Crippen molar-refractivity contribution in [2.24, 2.45) is 16.7 Å². The van der Waals surface area contributed by atoms with E-state index in [1.165, 1.54) is 0 Å². The van der Waals surface area contributed by atoms with Crippen molar-refractivity contribution in [1.29, 1.82) is 0 Å². The molecule has 2 aliphatic rings. The van der Waals surface area contributed by atoms with Gasteiger partial charge in [-0.1, -0.05) is 29.8 Å². The predicted octanol–water partition coefficient (Wildman–Crippen LogP) is 1.88. The van der Waals surface area contributed by atoms with E-state index in [9.17, 15) is 13.5 Å². The lowest BCUT2D eigenvalue weighted by Crippen LogP contribution is -2.47. The van der Waals surface area contributed by atoms with Crippen molar-refractivity contribution >= 4 is 26.0 Å². The van der Waals surface area contributed by atoms with Crippen molar-refractivity contribution in [3.63, 3.8) is 0 Å². The molecule has 2 N–H and O–H groups in total. The van der Waals surface area contributed by atoms with E-state index in [0.717, 1.165) is 31.0 Å². The van der Waals surface area contributed by atoms with Gasteiger partial charge in [0, 0.05) is 17.3 Å². The van der Waals surface area contributed by atoms with Crippen LogP contribution >= 0.6 is 15.9 Å². The summed E-state index contributed by atoms with van der Waals surface area (Å²) in [5.74, 6) is 0.521. The molecule has 0 aromatic carbocycles. The molecule has 2 rings (SSSR count). The first kappa shape index (κ1) is 15.7. The van der Waals surface area contributed by atoms with Gasteiger partial charge in [0.1, 0.15) is 0 Å². The second-order valence-electron chi connectivity index (χ2n) is 6.56. The van der Waals surface area contributed by atoms with Crippen LogP contribution in [0.25, 0.3) is 0 Å². The number of rotatable bonds is 6. The Hall–Kier alpha value is 0.350. The Kier molecular flexibility index (Phi) is 4.37. The number of aliphatic hydroxyl groups excluding tert-OH is 1. The molecule has 0 radical (unpaired) electrons. The molecular weight excluding hydrogens is 330 g/mol. The first-order valence-electron chi connectivity index (χ1n) is 6.96. The maximum absolute atomic E-state index is 12.2. The van der Waals surface area contributed by atoms with Crippen molar-refractivity contribution in [3.8, 4) is 0 Å². The zero-order valence-electron chi connectivity index (χ0n) is 11.7. The Morgan fingerprint density at radius 3 is 2.58 bits per heavy atom. The molecule has 2 aliphatic carbocycles. The van der Waals surface area contributed by atoms with Crippen LogP contribution in [0.5, 0.6) is 0 Å². The second kappa shape index (κ2) is 5.28. The molecule has 2 fully saturated rings. The van der Waals surface area contributed by atoms with Crippen LogP contribution in [0.1, 0.15) is 39.5 Å². The molecule has 112 valence electrons. The molecule has 2 bridgehead atoms. The highest BCUT2D eigenvalue weighted by Crippen LogP contribution is 2.65. The van der Waals surface area contributed by atoms with E-state index < -0.39 is 21.5 Å². The Labute approximate surface area is 124 Å². The Bertz CT molecular complexity index is 437. The summed E-state index contributed by atoms with van der Waals surface area (Å²) in [7, 11) is -3.32. The maximum atomic E-state index is 12.2. The lowest BCUT2D eigenvalue weighted by Gasteiger charge is -2.40. The number of alkyl halides is 1. The van der Waals surface area contributed by atoms with Crippen LogP contribution < -0.4 is 4.72 Å². The number of fused-ring (bicyclic) bond motifs is 2. The van der Waals surface area contributed by atoms with Crippen molar-refractivity contribution in [2.75, 3.05) is 17.6 Å². The third-order valence-corrected chi connectivity index (χ3v) is 7.57. The van der Waals surface area contributed by atoms with E-state index in [2.05, 4.69) is 34.5 Å². The molecule has 0 aliphatic heterocycles. The van der Waals surface area contributed by atoms with E-state index >= 15 is 0 Å². The van der Waals surface area contributed by atoms with Crippen LogP contribution in [-0.2, 0) is 10.0 Å². The lowest BCUT2D eigenvalue weighted by molar-refractivity contribution is 0.0152. The number of sulfonamides is 1. The second-order valence-corrected chi connectivity index (χ2v) is 9.16. The summed E-state index contributed by atoms with van der Waals surface area (Å²) in [5, 5.41) is 11.1. The molecule has 0 aromatic rings. The van der Waals surface area contributed by atoms with Gasteiger partial charge in [-0.3, -0.25) is 0 Å². The van der Waals surface area contributed by atoms with Gasteiger partial charge in [-0.2, -0.15) is 0 Å². The van der Waals surface area contributed by atoms with E-state index in [4.69, 9.17) is 0 Å². The minimum Gasteiger partial charge on any atom is -0.392 e. The summed E-state index contributed by atoms with van der Waals surface area (Å²) in [4.78, 5) is 0. The van der Waals surface area contributed by atoms with Gasteiger partial charge in [-0.15, -0.1) is 0 Å². The highest BCUT2D eigenvalue weighted by atomic mass is 79.9. The molecule has 19 heavy (non-hydrogen) atoms. The molecule has 6 heteroatoms. The van der Waals surface area contributed by atoms with Gasteiger partial charge in [-0.25, -0.2) is 13.1 Å². The molecule has 0 saturated heterocycles. The van der Waals surface area contributed by atoms with E-state index in [1.54, 1.807) is 0 Å². The Morgan fingerprint density at radius 1 is 1.42 bits per heavy atom. The largest absolute Gasteiger partial charge is 0.392 e. The standard InChI is InChI=1S/C13H24BrNO3S/c1-12(2)10-4-5-13(12,11(16)8-10)9-19(17,18)15-7-3-6-14/h10-11,15-16H,3-9H2,1-2H3/t10-,11?,13-/m1/s1. The van der Waals surface area contributed by atoms with Gasteiger partial charge in [0.15, 0.2) is 0 Å². The van der Waals surface area contributed by atoms with Crippen molar-refractivity contribution in [2.45, 2.75) is 45.6 Å².